The van der Waals surface area contributed by atoms with E-state index in [1.54, 1.807) is 12.1 Å². The third-order valence-electron chi connectivity index (χ3n) is 3.80. The van der Waals surface area contributed by atoms with Gasteiger partial charge >= 0.3 is 0 Å². The molecule has 2 aromatic rings. The van der Waals surface area contributed by atoms with Crippen LogP contribution in [0.15, 0.2) is 47.5 Å². The number of aryl methyl sites for hydroxylation is 1. The van der Waals surface area contributed by atoms with Crippen molar-refractivity contribution >= 4 is 17.6 Å². The van der Waals surface area contributed by atoms with E-state index in [-0.39, 0.29) is 5.75 Å². The zero-order valence-corrected chi connectivity index (χ0v) is 12.7. The molecule has 0 spiro atoms. The maximum absolute atomic E-state index is 9.41. The van der Waals surface area contributed by atoms with Crippen LogP contribution < -0.4 is 4.90 Å². The molecule has 4 heteroatoms. The van der Waals surface area contributed by atoms with Gasteiger partial charge in [0.15, 0.2) is 0 Å². The Morgan fingerprint density at radius 2 is 1.82 bits per heavy atom. The SMILES string of the molecule is Cc1cc(O)ccc1N=Cc1ccc(N2CCOCC2)cc1. The zero-order valence-electron chi connectivity index (χ0n) is 12.7. The summed E-state index contributed by atoms with van der Waals surface area (Å²) in [4.78, 5) is 6.82. The van der Waals surface area contributed by atoms with Gasteiger partial charge in [0.1, 0.15) is 5.75 Å². The Morgan fingerprint density at radius 3 is 2.50 bits per heavy atom. The highest BCUT2D eigenvalue weighted by Gasteiger charge is 2.10. The summed E-state index contributed by atoms with van der Waals surface area (Å²) in [6.45, 7) is 5.42. The molecular formula is C18H20N2O2. The minimum absolute atomic E-state index is 0.270. The fourth-order valence-corrected chi connectivity index (χ4v) is 2.52. The largest absolute Gasteiger partial charge is 0.508 e. The molecule has 4 nitrogen and oxygen atoms in total. The highest BCUT2D eigenvalue weighted by molar-refractivity contribution is 5.83. The second-order valence-corrected chi connectivity index (χ2v) is 5.42. The van der Waals surface area contributed by atoms with Crippen molar-refractivity contribution in [3.8, 4) is 5.75 Å². The monoisotopic (exact) mass is 296 g/mol. The summed E-state index contributed by atoms with van der Waals surface area (Å²) in [5.41, 5.74) is 4.11. The summed E-state index contributed by atoms with van der Waals surface area (Å²) in [5.74, 6) is 0.270. The zero-order chi connectivity index (χ0) is 15.4. The third-order valence-corrected chi connectivity index (χ3v) is 3.80. The molecule has 1 saturated heterocycles. The number of ether oxygens (including phenoxy) is 1. The first-order valence-electron chi connectivity index (χ1n) is 7.49. The molecule has 0 aliphatic carbocycles. The number of hydrogen-bond acceptors (Lipinski definition) is 4. The van der Waals surface area contributed by atoms with E-state index in [4.69, 9.17) is 4.74 Å². The van der Waals surface area contributed by atoms with Gasteiger partial charge in [-0.05, 0) is 48.4 Å². The van der Waals surface area contributed by atoms with E-state index in [0.717, 1.165) is 43.1 Å². The number of morpholine rings is 1. The van der Waals surface area contributed by atoms with Gasteiger partial charge in [-0.15, -0.1) is 0 Å². The van der Waals surface area contributed by atoms with Gasteiger partial charge in [0.2, 0.25) is 0 Å². The number of rotatable bonds is 3. The van der Waals surface area contributed by atoms with Gasteiger partial charge in [0, 0.05) is 25.0 Å². The Balaban J connectivity index is 1.71. The van der Waals surface area contributed by atoms with Gasteiger partial charge in [-0.2, -0.15) is 0 Å². The molecule has 0 saturated carbocycles. The van der Waals surface area contributed by atoms with E-state index in [1.807, 2.05) is 19.2 Å². The van der Waals surface area contributed by atoms with Gasteiger partial charge in [-0.3, -0.25) is 4.99 Å². The summed E-state index contributed by atoms with van der Waals surface area (Å²) in [6, 6.07) is 13.6. The fourth-order valence-electron chi connectivity index (χ4n) is 2.52. The highest BCUT2D eigenvalue weighted by Crippen LogP contribution is 2.23. The number of phenols is 1. The predicted octanol–water partition coefficient (Wildman–Crippen LogP) is 3.29. The van der Waals surface area contributed by atoms with Crippen LogP contribution in [0.1, 0.15) is 11.1 Å². The van der Waals surface area contributed by atoms with E-state index < -0.39 is 0 Å². The molecule has 0 radical (unpaired) electrons. The molecule has 2 aromatic carbocycles. The maximum atomic E-state index is 9.41. The lowest BCUT2D eigenvalue weighted by molar-refractivity contribution is 0.122. The topological polar surface area (TPSA) is 45.1 Å². The van der Waals surface area contributed by atoms with Crippen LogP contribution in [-0.2, 0) is 4.74 Å². The lowest BCUT2D eigenvalue weighted by atomic mass is 10.2. The van der Waals surface area contributed by atoms with Crippen molar-refractivity contribution in [2.75, 3.05) is 31.2 Å². The summed E-state index contributed by atoms with van der Waals surface area (Å²) >= 11 is 0. The molecule has 0 bridgehead atoms. The Kier molecular flexibility index (Phi) is 4.39. The summed E-state index contributed by atoms with van der Waals surface area (Å²) in [7, 11) is 0. The Bertz CT molecular complexity index is 659. The Morgan fingerprint density at radius 1 is 1.09 bits per heavy atom. The first-order valence-corrected chi connectivity index (χ1v) is 7.49. The molecule has 114 valence electrons. The molecule has 1 aliphatic heterocycles. The van der Waals surface area contributed by atoms with Crippen LogP contribution in [-0.4, -0.2) is 37.6 Å². The number of phenolic OH excluding ortho intramolecular Hbond substituents is 1. The van der Waals surface area contributed by atoms with Crippen LogP contribution in [0.5, 0.6) is 5.75 Å². The average Bonchev–Trinajstić information content (AvgIpc) is 2.55. The molecule has 1 heterocycles. The van der Waals surface area contributed by atoms with Gasteiger partial charge < -0.3 is 14.7 Å². The standard InChI is InChI=1S/C18H20N2O2/c1-14-12-17(21)6-7-18(14)19-13-15-2-4-16(5-3-15)20-8-10-22-11-9-20/h2-7,12-13,21H,8-11H2,1H3. The smallest absolute Gasteiger partial charge is 0.115 e. The minimum atomic E-state index is 0.270. The molecule has 1 N–H and O–H groups in total. The van der Waals surface area contributed by atoms with E-state index in [2.05, 4.69) is 34.2 Å². The van der Waals surface area contributed by atoms with Gasteiger partial charge in [0.05, 0.1) is 18.9 Å². The normalized spacial score (nSPS) is 15.4. The molecule has 1 aliphatic rings. The van der Waals surface area contributed by atoms with Crippen molar-refractivity contribution in [1.82, 2.24) is 0 Å². The molecular weight excluding hydrogens is 276 g/mol. The molecule has 1 fully saturated rings. The first-order chi connectivity index (χ1) is 10.7. The van der Waals surface area contributed by atoms with E-state index in [9.17, 15) is 5.11 Å². The lowest BCUT2D eigenvalue weighted by Gasteiger charge is -2.28. The van der Waals surface area contributed by atoms with Crippen molar-refractivity contribution in [2.24, 2.45) is 4.99 Å². The van der Waals surface area contributed by atoms with E-state index in [0.29, 0.717) is 0 Å². The van der Waals surface area contributed by atoms with Crippen LogP contribution in [0.3, 0.4) is 0 Å². The van der Waals surface area contributed by atoms with Crippen molar-refractivity contribution in [3.63, 3.8) is 0 Å². The van der Waals surface area contributed by atoms with Gasteiger partial charge in [-0.1, -0.05) is 12.1 Å². The number of aliphatic imine (C=N–C) groups is 1. The van der Waals surface area contributed by atoms with E-state index in [1.165, 1.54) is 5.69 Å². The molecule has 0 atom stereocenters. The van der Waals surface area contributed by atoms with Crippen LogP contribution in [0.4, 0.5) is 11.4 Å². The summed E-state index contributed by atoms with van der Waals surface area (Å²) in [5, 5.41) is 9.41. The predicted molar refractivity (Wildman–Crippen MR) is 89.6 cm³/mol. The number of benzene rings is 2. The van der Waals surface area contributed by atoms with Crippen LogP contribution in [0.2, 0.25) is 0 Å². The number of aromatic hydroxyl groups is 1. The number of anilines is 1. The van der Waals surface area contributed by atoms with Crippen molar-refractivity contribution in [2.45, 2.75) is 6.92 Å². The molecule has 0 amide bonds. The first kappa shape index (κ1) is 14.6. The fraction of sp³-hybridized carbons (Fsp3) is 0.278. The quantitative estimate of drug-likeness (QED) is 0.884. The van der Waals surface area contributed by atoms with Crippen molar-refractivity contribution in [1.29, 1.82) is 0 Å². The second-order valence-electron chi connectivity index (χ2n) is 5.42. The van der Waals surface area contributed by atoms with Crippen LogP contribution in [0, 0.1) is 6.92 Å². The molecule has 3 rings (SSSR count). The Labute approximate surface area is 130 Å². The average molecular weight is 296 g/mol. The minimum Gasteiger partial charge on any atom is -0.508 e. The van der Waals surface area contributed by atoms with E-state index >= 15 is 0 Å². The summed E-state index contributed by atoms with van der Waals surface area (Å²) < 4.78 is 5.37. The van der Waals surface area contributed by atoms with Crippen molar-refractivity contribution in [3.05, 3.63) is 53.6 Å². The highest BCUT2D eigenvalue weighted by atomic mass is 16.5. The van der Waals surface area contributed by atoms with Gasteiger partial charge in [0.25, 0.3) is 0 Å². The maximum Gasteiger partial charge on any atom is 0.115 e. The molecule has 22 heavy (non-hydrogen) atoms. The third kappa shape index (κ3) is 3.46. The van der Waals surface area contributed by atoms with Crippen LogP contribution >= 0.6 is 0 Å². The Hall–Kier alpha value is -2.33. The second kappa shape index (κ2) is 6.62. The van der Waals surface area contributed by atoms with Crippen LogP contribution in [0.25, 0.3) is 0 Å². The molecule has 0 unspecified atom stereocenters. The van der Waals surface area contributed by atoms with Crippen molar-refractivity contribution < 1.29 is 9.84 Å². The number of nitrogens with zero attached hydrogens (tertiary/aromatic N) is 2. The lowest BCUT2D eigenvalue weighted by Crippen LogP contribution is -2.36. The summed E-state index contributed by atoms with van der Waals surface area (Å²) in [6.07, 6.45) is 1.85. The van der Waals surface area contributed by atoms with Gasteiger partial charge in [-0.25, -0.2) is 0 Å². The molecule has 0 aromatic heterocycles. The number of hydrogen-bond donors (Lipinski definition) is 1.